The molecule has 0 aromatic rings. The van der Waals surface area contributed by atoms with Crippen molar-refractivity contribution in [3.63, 3.8) is 0 Å². The maximum absolute atomic E-state index is 11.2. The highest BCUT2D eigenvalue weighted by Crippen LogP contribution is 2.00. The Morgan fingerprint density at radius 3 is 2.14 bits per heavy atom. The van der Waals surface area contributed by atoms with E-state index >= 15 is 0 Å². The molecule has 0 rings (SSSR count). The summed E-state index contributed by atoms with van der Waals surface area (Å²) >= 11 is 0. The van der Waals surface area contributed by atoms with E-state index in [1.165, 1.54) is 14.0 Å². The first-order chi connectivity index (χ1) is 6.40. The summed E-state index contributed by atoms with van der Waals surface area (Å²) < 4.78 is 0. The molecular formula is C8H13NO5. The van der Waals surface area contributed by atoms with Gasteiger partial charge >= 0.3 is 5.97 Å². The zero-order chi connectivity index (χ0) is 11.3. The number of carbonyl (C=O) groups excluding carboxylic acids is 2. The van der Waals surface area contributed by atoms with Crippen LogP contribution in [0.15, 0.2) is 0 Å². The number of aliphatic carboxylic acids is 1. The first-order valence-electron chi connectivity index (χ1n) is 3.99. The number of Topliss-reactive ketones (excluding diaryl/α,β-unsaturated/α-hetero) is 1. The number of aliphatic hydroxyl groups is 1. The summed E-state index contributed by atoms with van der Waals surface area (Å²) in [7, 11) is 1.24. The number of aliphatic hydroxyl groups excluding tert-OH is 1. The topological polar surface area (TPSA) is 94.9 Å². The third-order valence-corrected chi connectivity index (χ3v) is 1.72. The van der Waals surface area contributed by atoms with Crippen molar-refractivity contribution in [3.8, 4) is 0 Å². The van der Waals surface area contributed by atoms with Crippen LogP contribution in [-0.4, -0.2) is 52.5 Å². The highest BCUT2D eigenvalue weighted by molar-refractivity contribution is 5.98. The SMILES string of the molecule is CC(=O)CC(=O)N(C)[C@@H](CO)C(=O)O. The van der Waals surface area contributed by atoms with Crippen molar-refractivity contribution in [2.24, 2.45) is 0 Å². The quantitative estimate of drug-likeness (QED) is 0.551. The van der Waals surface area contributed by atoms with Gasteiger partial charge < -0.3 is 15.1 Å². The van der Waals surface area contributed by atoms with Crippen LogP contribution in [0.25, 0.3) is 0 Å². The molecule has 0 aliphatic carbocycles. The molecule has 6 nitrogen and oxygen atoms in total. The predicted molar refractivity (Wildman–Crippen MR) is 46.6 cm³/mol. The minimum atomic E-state index is -1.30. The average Bonchev–Trinajstić information content (AvgIpc) is 2.03. The Labute approximate surface area is 81.1 Å². The van der Waals surface area contributed by atoms with Crippen LogP contribution in [0.4, 0.5) is 0 Å². The van der Waals surface area contributed by atoms with Gasteiger partial charge in [-0.15, -0.1) is 0 Å². The molecule has 14 heavy (non-hydrogen) atoms. The van der Waals surface area contributed by atoms with Gasteiger partial charge in [0.05, 0.1) is 13.0 Å². The Bertz CT molecular complexity index is 250. The minimum absolute atomic E-state index is 0.344. The van der Waals surface area contributed by atoms with E-state index < -0.39 is 24.5 Å². The molecule has 0 heterocycles. The van der Waals surface area contributed by atoms with Crippen LogP contribution < -0.4 is 0 Å². The monoisotopic (exact) mass is 203 g/mol. The number of carboxylic acid groups (broad SMARTS) is 1. The maximum Gasteiger partial charge on any atom is 0.328 e. The van der Waals surface area contributed by atoms with Gasteiger partial charge in [-0.2, -0.15) is 0 Å². The van der Waals surface area contributed by atoms with Crippen molar-refractivity contribution in [1.82, 2.24) is 4.90 Å². The number of ketones is 1. The van der Waals surface area contributed by atoms with E-state index in [2.05, 4.69) is 0 Å². The Balaban J connectivity index is 4.42. The summed E-state index contributed by atoms with van der Waals surface area (Å²) in [6.45, 7) is 0.565. The summed E-state index contributed by atoms with van der Waals surface area (Å²) in [6, 6.07) is -1.29. The highest BCUT2D eigenvalue weighted by Gasteiger charge is 2.25. The van der Waals surface area contributed by atoms with E-state index in [0.717, 1.165) is 4.90 Å². The Hall–Kier alpha value is -1.43. The molecule has 0 saturated carbocycles. The largest absolute Gasteiger partial charge is 0.480 e. The van der Waals surface area contributed by atoms with Gasteiger partial charge in [-0.05, 0) is 6.92 Å². The molecule has 0 aromatic carbocycles. The van der Waals surface area contributed by atoms with Crippen molar-refractivity contribution >= 4 is 17.7 Å². The molecule has 1 atom stereocenters. The van der Waals surface area contributed by atoms with Crippen molar-refractivity contribution in [2.75, 3.05) is 13.7 Å². The first-order valence-corrected chi connectivity index (χ1v) is 3.99. The number of likely N-dealkylation sites (N-methyl/N-ethyl adjacent to an activating group) is 1. The zero-order valence-corrected chi connectivity index (χ0v) is 8.06. The molecular weight excluding hydrogens is 190 g/mol. The van der Waals surface area contributed by atoms with Crippen LogP contribution >= 0.6 is 0 Å². The standard InChI is InChI=1S/C8H13NO5/c1-5(11)3-7(12)9(2)6(4-10)8(13)14/h6,10H,3-4H2,1-2H3,(H,13,14)/t6-/m0/s1. The molecule has 0 aliphatic rings. The van der Waals surface area contributed by atoms with Gasteiger partial charge in [0, 0.05) is 7.05 Å². The van der Waals surface area contributed by atoms with Gasteiger partial charge in [0.1, 0.15) is 5.78 Å². The predicted octanol–water partition coefficient (Wildman–Crippen LogP) is -1.13. The number of carbonyl (C=O) groups is 3. The van der Waals surface area contributed by atoms with E-state index in [1.54, 1.807) is 0 Å². The second kappa shape index (κ2) is 5.33. The Kier molecular flexibility index (Phi) is 4.79. The van der Waals surface area contributed by atoms with E-state index in [1.807, 2.05) is 0 Å². The molecule has 0 fully saturated rings. The van der Waals surface area contributed by atoms with Crippen LogP contribution in [0.1, 0.15) is 13.3 Å². The molecule has 1 amide bonds. The summed E-state index contributed by atoms with van der Waals surface area (Å²) in [6.07, 6.45) is -0.347. The molecule has 6 heteroatoms. The van der Waals surface area contributed by atoms with Crippen LogP contribution in [0, 0.1) is 0 Å². The average molecular weight is 203 g/mol. The van der Waals surface area contributed by atoms with Crippen LogP contribution in [0.2, 0.25) is 0 Å². The number of hydrogen-bond acceptors (Lipinski definition) is 4. The van der Waals surface area contributed by atoms with Crippen molar-refractivity contribution in [1.29, 1.82) is 0 Å². The van der Waals surface area contributed by atoms with Crippen LogP contribution in [-0.2, 0) is 14.4 Å². The smallest absolute Gasteiger partial charge is 0.328 e. The lowest BCUT2D eigenvalue weighted by Gasteiger charge is -2.22. The third-order valence-electron chi connectivity index (χ3n) is 1.72. The molecule has 0 aromatic heterocycles. The Morgan fingerprint density at radius 1 is 1.36 bits per heavy atom. The summed E-state index contributed by atoms with van der Waals surface area (Å²) in [5.41, 5.74) is 0. The lowest BCUT2D eigenvalue weighted by molar-refractivity contribution is -0.151. The fourth-order valence-corrected chi connectivity index (χ4v) is 0.878. The molecule has 2 N–H and O–H groups in total. The van der Waals surface area contributed by atoms with Gasteiger partial charge in [-0.25, -0.2) is 4.79 Å². The summed E-state index contributed by atoms with van der Waals surface area (Å²) in [5, 5.41) is 17.3. The van der Waals surface area contributed by atoms with Gasteiger partial charge in [0.15, 0.2) is 6.04 Å². The lowest BCUT2D eigenvalue weighted by atomic mass is 10.2. The summed E-state index contributed by atoms with van der Waals surface area (Å²) in [5.74, 6) is -2.25. The number of amides is 1. The number of rotatable bonds is 5. The van der Waals surface area contributed by atoms with Crippen molar-refractivity contribution in [3.05, 3.63) is 0 Å². The Morgan fingerprint density at radius 2 is 1.86 bits per heavy atom. The second-order valence-corrected chi connectivity index (χ2v) is 2.92. The number of hydrogen-bond donors (Lipinski definition) is 2. The molecule has 0 unspecified atom stereocenters. The zero-order valence-electron chi connectivity index (χ0n) is 8.06. The normalized spacial score (nSPS) is 11.9. The number of nitrogens with zero attached hydrogens (tertiary/aromatic N) is 1. The van der Waals surface area contributed by atoms with Gasteiger partial charge in [-0.1, -0.05) is 0 Å². The van der Waals surface area contributed by atoms with E-state index in [0.29, 0.717) is 0 Å². The van der Waals surface area contributed by atoms with Crippen LogP contribution in [0.3, 0.4) is 0 Å². The van der Waals surface area contributed by atoms with Crippen molar-refractivity contribution in [2.45, 2.75) is 19.4 Å². The second-order valence-electron chi connectivity index (χ2n) is 2.92. The molecule has 0 aliphatic heterocycles. The minimum Gasteiger partial charge on any atom is -0.480 e. The molecule has 0 bridgehead atoms. The van der Waals surface area contributed by atoms with Gasteiger partial charge in [0.25, 0.3) is 0 Å². The first kappa shape index (κ1) is 12.6. The lowest BCUT2D eigenvalue weighted by Crippen LogP contribution is -2.45. The molecule has 80 valence electrons. The fraction of sp³-hybridized carbons (Fsp3) is 0.625. The van der Waals surface area contributed by atoms with E-state index in [4.69, 9.17) is 10.2 Å². The fourth-order valence-electron chi connectivity index (χ4n) is 0.878. The van der Waals surface area contributed by atoms with Crippen molar-refractivity contribution < 1.29 is 24.6 Å². The van der Waals surface area contributed by atoms with E-state index in [9.17, 15) is 14.4 Å². The summed E-state index contributed by atoms with van der Waals surface area (Å²) in [4.78, 5) is 33.1. The molecule has 0 spiro atoms. The maximum atomic E-state index is 11.2. The van der Waals surface area contributed by atoms with Crippen LogP contribution in [0.5, 0.6) is 0 Å². The third kappa shape index (κ3) is 3.53. The van der Waals surface area contributed by atoms with Gasteiger partial charge in [-0.3, -0.25) is 9.59 Å². The molecule has 0 radical (unpaired) electrons. The number of carboxylic acids is 1. The molecule has 0 saturated heterocycles. The van der Waals surface area contributed by atoms with Gasteiger partial charge in [0.2, 0.25) is 5.91 Å². The van der Waals surface area contributed by atoms with E-state index in [-0.39, 0.29) is 12.2 Å². The highest BCUT2D eigenvalue weighted by atomic mass is 16.4.